The number of rotatable bonds is 6. The summed E-state index contributed by atoms with van der Waals surface area (Å²) < 4.78 is 0. The van der Waals surface area contributed by atoms with Gasteiger partial charge in [-0.25, -0.2) is 0 Å². The van der Waals surface area contributed by atoms with E-state index >= 15 is 0 Å². The molecule has 1 unspecified atom stereocenters. The Morgan fingerprint density at radius 1 is 1.36 bits per heavy atom. The zero-order chi connectivity index (χ0) is 10.6. The number of nitrogens with zero attached hydrogens (tertiary/aromatic N) is 1. The van der Waals surface area contributed by atoms with Crippen LogP contribution in [0.3, 0.4) is 0 Å². The van der Waals surface area contributed by atoms with Gasteiger partial charge < -0.3 is 10.0 Å². The number of aliphatic hydroxyl groups is 1. The summed E-state index contributed by atoms with van der Waals surface area (Å²) in [6.45, 7) is 5.80. The van der Waals surface area contributed by atoms with Crippen molar-refractivity contribution in [1.82, 2.24) is 4.90 Å². The van der Waals surface area contributed by atoms with Crippen molar-refractivity contribution in [2.24, 2.45) is 11.8 Å². The molecule has 1 rings (SSSR count). The molecular formula is C12H25NO. The second kappa shape index (κ2) is 5.72. The lowest BCUT2D eigenvalue weighted by atomic mass is 9.83. The third kappa shape index (κ3) is 3.25. The summed E-state index contributed by atoms with van der Waals surface area (Å²) in [6.07, 6.45) is 5.61. The van der Waals surface area contributed by atoms with Gasteiger partial charge in [0.2, 0.25) is 0 Å². The standard InChI is InChI=1S/C12H25NO/c1-10(2)12(9-14)13(3)8-7-11-5-4-6-11/h10-12,14H,4-9H2,1-3H3. The van der Waals surface area contributed by atoms with E-state index in [1.54, 1.807) is 0 Å². The Bertz CT molecular complexity index is 154. The van der Waals surface area contributed by atoms with E-state index in [1.807, 2.05) is 0 Å². The second-order valence-corrected chi connectivity index (χ2v) is 5.06. The lowest BCUT2D eigenvalue weighted by Gasteiger charge is -2.33. The summed E-state index contributed by atoms with van der Waals surface area (Å²) in [5.74, 6) is 1.52. The second-order valence-electron chi connectivity index (χ2n) is 5.06. The fourth-order valence-electron chi connectivity index (χ4n) is 2.19. The van der Waals surface area contributed by atoms with Gasteiger partial charge in [0.1, 0.15) is 0 Å². The van der Waals surface area contributed by atoms with Crippen molar-refractivity contribution in [2.75, 3.05) is 20.2 Å². The molecule has 0 saturated heterocycles. The molecule has 1 aliphatic rings. The maximum atomic E-state index is 9.26. The molecular weight excluding hydrogens is 174 g/mol. The van der Waals surface area contributed by atoms with Gasteiger partial charge in [-0.2, -0.15) is 0 Å². The molecule has 0 aromatic rings. The average Bonchev–Trinajstić information content (AvgIpc) is 2.01. The van der Waals surface area contributed by atoms with Crippen LogP contribution < -0.4 is 0 Å². The van der Waals surface area contributed by atoms with E-state index in [0.29, 0.717) is 18.6 Å². The predicted molar refractivity (Wildman–Crippen MR) is 60.3 cm³/mol. The Balaban J connectivity index is 2.20. The van der Waals surface area contributed by atoms with Crippen molar-refractivity contribution < 1.29 is 5.11 Å². The van der Waals surface area contributed by atoms with Crippen LogP contribution in [0.25, 0.3) is 0 Å². The summed E-state index contributed by atoms with van der Waals surface area (Å²) in [7, 11) is 2.14. The Morgan fingerprint density at radius 2 is 2.00 bits per heavy atom. The molecule has 0 bridgehead atoms. The normalized spacial score (nSPS) is 20.1. The first-order valence-corrected chi connectivity index (χ1v) is 5.96. The molecule has 2 heteroatoms. The minimum absolute atomic E-state index is 0.291. The molecule has 84 valence electrons. The fourth-order valence-corrected chi connectivity index (χ4v) is 2.19. The molecule has 1 aliphatic carbocycles. The number of hydrogen-bond donors (Lipinski definition) is 1. The molecule has 1 N–H and O–H groups in total. The first-order valence-electron chi connectivity index (χ1n) is 5.96. The first kappa shape index (κ1) is 12.0. The van der Waals surface area contributed by atoms with Gasteiger partial charge in [-0.05, 0) is 31.8 Å². The Morgan fingerprint density at radius 3 is 2.36 bits per heavy atom. The van der Waals surface area contributed by atoms with Crippen molar-refractivity contribution in [3.8, 4) is 0 Å². The quantitative estimate of drug-likeness (QED) is 0.708. The zero-order valence-electron chi connectivity index (χ0n) is 9.87. The smallest absolute Gasteiger partial charge is 0.0589 e. The lowest BCUT2D eigenvalue weighted by molar-refractivity contribution is 0.102. The van der Waals surface area contributed by atoms with E-state index in [0.717, 1.165) is 12.5 Å². The topological polar surface area (TPSA) is 23.5 Å². The van der Waals surface area contributed by atoms with Gasteiger partial charge in [-0.1, -0.05) is 33.1 Å². The maximum absolute atomic E-state index is 9.26. The highest BCUT2D eigenvalue weighted by Gasteiger charge is 2.21. The third-order valence-electron chi connectivity index (χ3n) is 3.64. The van der Waals surface area contributed by atoms with Gasteiger partial charge in [0.05, 0.1) is 6.61 Å². The summed E-state index contributed by atoms with van der Waals surface area (Å²) in [5, 5.41) is 9.26. The average molecular weight is 199 g/mol. The third-order valence-corrected chi connectivity index (χ3v) is 3.64. The SMILES string of the molecule is CC(C)C(CO)N(C)CCC1CCC1. The van der Waals surface area contributed by atoms with Crippen LogP contribution in [-0.4, -0.2) is 36.2 Å². The van der Waals surface area contributed by atoms with Crippen molar-refractivity contribution >= 4 is 0 Å². The summed E-state index contributed by atoms with van der Waals surface area (Å²) in [6, 6.07) is 0.343. The zero-order valence-corrected chi connectivity index (χ0v) is 9.87. The van der Waals surface area contributed by atoms with E-state index in [1.165, 1.54) is 25.7 Å². The first-order chi connectivity index (χ1) is 6.65. The van der Waals surface area contributed by atoms with E-state index in [9.17, 15) is 5.11 Å². The van der Waals surface area contributed by atoms with Crippen LogP contribution in [0.15, 0.2) is 0 Å². The Hall–Kier alpha value is -0.0800. The van der Waals surface area contributed by atoms with Crippen LogP contribution in [0.2, 0.25) is 0 Å². The highest BCUT2D eigenvalue weighted by Crippen LogP contribution is 2.29. The van der Waals surface area contributed by atoms with Gasteiger partial charge in [0, 0.05) is 6.04 Å². The number of likely N-dealkylation sites (N-methyl/N-ethyl adjacent to an activating group) is 1. The van der Waals surface area contributed by atoms with E-state index in [2.05, 4.69) is 25.8 Å². The minimum atomic E-state index is 0.291. The van der Waals surface area contributed by atoms with Crippen LogP contribution in [-0.2, 0) is 0 Å². The van der Waals surface area contributed by atoms with Crippen molar-refractivity contribution in [3.63, 3.8) is 0 Å². The molecule has 0 aliphatic heterocycles. The monoisotopic (exact) mass is 199 g/mol. The molecule has 14 heavy (non-hydrogen) atoms. The Kier molecular flexibility index (Phi) is 4.90. The van der Waals surface area contributed by atoms with Crippen LogP contribution in [0.5, 0.6) is 0 Å². The highest BCUT2D eigenvalue weighted by molar-refractivity contribution is 4.75. The largest absolute Gasteiger partial charge is 0.395 e. The molecule has 0 spiro atoms. The molecule has 2 nitrogen and oxygen atoms in total. The van der Waals surface area contributed by atoms with Crippen LogP contribution >= 0.6 is 0 Å². The molecule has 0 heterocycles. The van der Waals surface area contributed by atoms with Gasteiger partial charge in [0.15, 0.2) is 0 Å². The van der Waals surface area contributed by atoms with Gasteiger partial charge >= 0.3 is 0 Å². The predicted octanol–water partition coefficient (Wildman–Crippen LogP) is 2.13. The Labute approximate surface area is 88.3 Å². The lowest BCUT2D eigenvalue weighted by Crippen LogP contribution is -2.40. The van der Waals surface area contributed by atoms with Crippen molar-refractivity contribution in [3.05, 3.63) is 0 Å². The van der Waals surface area contributed by atoms with Gasteiger partial charge in [0.25, 0.3) is 0 Å². The van der Waals surface area contributed by atoms with Gasteiger partial charge in [-0.15, -0.1) is 0 Å². The van der Waals surface area contributed by atoms with Crippen LogP contribution in [0.1, 0.15) is 39.5 Å². The number of aliphatic hydroxyl groups excluding tert-OH is 1. The molecule has 1 saturated carbocycles. The fraction of sp³-hybridized carbons (Fsp3) is 1.00. The molecule has 1 atom stereocenters. The summed E-state index contributed by atoms with van der Waals surface area (Å²) >= 11 is 0. The molecule has 0 radical (unpaired) electrons. The molecule has 0 aromatic heterocycles. The highest BCUT2D eigenvalue weighted by atomic mass is 16.3. The van der Waals surface area contributed by atoms with E-state index < -0.39 is 0 Å². The summed E-state index contributed by atoms with van der Waals surface area (Å²) in [4.78, 5) is 2.32. The minimum Gasteiger partial charge on any atom is -0.395 e. The molecule has 1 fully saturated rings. The van der Waals surface area contributed by atoms with E-state index in [-0.39, 0.29) is 0 Å². The number of hydrogen-bond acceptors (Lipinski definition) is 2. The van der Waals surface area contributed by atoms with Gasteiger partial charge in [-0.3, -0.25) is 0 Å². The van der Waals surface area contributed by atoms with Crippen molar-refractivity contribution in [1.29, 1.82) is 0 Å². The van der Waals surface area contributed by atoms with Crippen LogP contribution in [0, 0.1) is 11.8 Å². The molecule has 0 aromatic carbocycles. The van der Waals surface area contributed by atoms with Crippen molar-refractivity contribution in [2.45, 2.75) is 45.6 Å². The van der Waals surface area contributed by atoms with E-state index in [4.69, 9.17) is 0 Å². The van der Waals surface area contributed by atoms with Crippen LogP contribution in [0.4, 0.5) is 0 Å². The summed E-state index contributed by atoms with van der Waals surface area (Å²) in [5.41, 5.74) is 0. The molecule has 0 amide bonds. The maximum Gasteiger partial charge on any atom is 0.0589 e.